The van der Waals surface area contributed by atoms with Gasteiger partial charge in [0, 0.05) is 23.6 Å². The molecule has 0 saturated carbocycles. The van der Waals surface area contributed by atoms with Gasteiger partial charge in [0.05, 0.1) is 27.4 Å². The summed E-state index contributed by atoms with van der Waals surface area (Å²) in [5.74, 6) is 2.39. The maximum absolute atomic E-state index is 12.9. The predicted molar refractivity (Wildman–Crippen MR) is 102 cm³/mol. The van der Waals surface area contributed by atoms with Crippen LogP contribution in [-0.2, 0) is 0 Å². The van der Waals surface area contributed by atoms with Crippen LogP contribution in [0.3, 0.4) is 0 Å². The third kappa shape index (κ3) is 4.10. The Labute approximate surface area is 159 Å². The van der Waals surface area contributed by atoms with E-state index in [9.17, 15) is 4.79 Å². The number of hydrogen-bond donors (Lipinski definition) is 1. The topological polar surface area (TPSA) is 66.0 Å². The summed E-state index contributed by atoms with van der Waals surface area (Å²) in [6, 6.07) is 10.5. The van der Waals surface area contributed by atoms with E-state index in [1.165, 1.54) is 0 Å². The summed E-state index contributed by atoms with van der Waals surface area (Å²) in [6.45, 7) is 4.02. The molecule has 1 atom stereocenters. The zero-order valence-electron chi connectivity index (χ0n) is 16.3. The van der Waals surface area contributed by atoms with Crippen molar-refractivity contribution in [3.8, 4) is 23.0 Å². The van der Waals surface area contributed by atoms with Gasteiger partial charge in [-0.25, -0.2) is 0 Å². The van der Waals surface area contributed by atoms with Crippen molar-refractivity contribution in [2.75, 3.05) is 21.3 Å². The van der Waals surface area contributed by atoms with Crippen molar-refractivity contribution in [1.82, 2.24) is 5.32 Å². The van der Waals surface area contributed by atoms with Crippen molar-refractivity contribution in [2.24, 2.45) is 0 Å². The second kappa shape index (κ2) is 7.39. The number of fused-ring (bicyclic) bond motifs is 1. The smallest absolute Gasteiger partial charge is 0.252 e. The van der Waals surface area contributed by atoms with Gasteiger partial charge in [0.2, 0.25) is 0 Å². The Bertz CT molecular complexity index is 824. The zero-order chi connectivity index (χ0) is 19.6. The summed E-state index contributed by atoms with van der Waals surface area (Å²) >= 11 is 0. The highest BCUT2D eigenvalue weighted by Gasteiger charge is 2.35. The summed E-state index contributed by atoms with van der Waals surface area (Å²) < 4.78 is 21.9. The molecule has 0 bridgehead atoms. The minimum atomic E-state index is -0.397. The van der Waals surface area contributed by atoms with Crippen molar-refractivity contribution in [2.45, 2.75) is 31.9 Å². The monoisotopic (exact) mass is 371 g/mol. The number of hydrogen-bond acceptors (Lipinski definition) is 5. The van der Waals surface area contributed by atoms with Crippen molar-refractivity contribution >= 4 is 5.91 Å². The molecule has 27 heavy (non-hydrogen) atoms. The molecule has 0 spiro atoms. The third-order valence-corrected chi connectivity index (χ3v) is 4.59. The Hall–Kier alpha value is -2.89. The number of rotatable bonds is 5. The van der Waals surface area contributed by atoms with Crippen LogP contribution >= 0.6 is 0 Å². The molecular weight excluding hydrogens is 346 g/mol. The van der Waals surface area contributed by atoms with Crippen molar-refractivity contribution in [1.29, 1.82) is 0 Å². The number of carbonyl (C=O) groups excluding carboxylic acids is 1. The van der Waals surface area contributed by atoms with Crippen LogP contribution in [0, 0.1) is 0 Å². The highest BCUT2D eigenvalue weighted by atomic mass is 16.5. The fourth-order valence-corrected chi connectivity index (χ4v) is 3.27. The van der Waals surface area contributed by atoms with Crippen LogP contribution < -0.4 is 24.3 Å². The molecule has 3 rings (SSSR count). The fraction of sp³-hybridized carbons (Fsp3) is 0.381. The lowest BCUT2D eigenvalue weighted by molar-refractivity contribution is 0.0617. The van der Waals surface area contributed by atoms with Gasteiger partial charge in [0.25, 0.3) is 5.91 Å². The SMILES string of the molecule is COc1cc(OC)cc(C(=O)N[C@@H]2CC(C)(C)Oc3ccc(OC)cc32)c1. The maximum Gasteiger partial charge on any atom is 0.252 e. The largest absolute Gasteiger partial charge is 0.497 e. The van der Waals surface area contributed by atoms with Crippen LogP contribution in [0.4, 0.5) is 0 Å². The molecule has 0 unspecified atom stereocenters. The van der Waals surface area contributed by atoms with Gasteiger partial charge in [-0.1, -0.05) is 0 Å². The lowest BCUT2D eigenvalue weighted by Gasteiger charge is -2.38. The third-order valence-electron chi connectivity index (χ3n) is 4.59. The van der Waals surface area contributed by atoms with Crippen molar-refractivity contribution in [3.05, 3.63) is 47.5 Å². The quantitative estimate of drug-likeness (QED) is 0.867. The van der Waals surface area contributed by atoms with Gasteiger partial charge in [-0.15, -0.1) is 0 Å². The summed E-state index contributed by atoms with van der Waals surface area (Å²) in [7, 11) is 4.73. The molecule has 0 aromatic heterocycles. The first-order valence-electron chi connectivity index (χ1n) is 8.76. The van der Waals surface area contributed by atoms with E-state index in [1.54, 1.807) is 39.5 Å². The van der Waals surface area contributed by atoms with Gasteiger partial charge >= 0.3 is 0 Å². The Morgan fingerprint density at radius 1 is 1.00 bits per heavy atom. The molecule has 1 aliphatic heterocycles. The van der Waals surface area contributed by atoms with Crippen LogP contribution in [0.15, 0.2) is 36.4 Å². The van der Waals surface area contributed by atoms with Crippen LogP contribution in [0.2, 0.25) is 0 Å². The van der Waals surface area contributed by atoms with E-state index in [2.05, 4.69) is 5.32 Å². The molecule has 0 radical (unpaired) electrons. The van der Waals surface area contributed by atoms with E-state index in [1.807, 2.05) is 32.0 Å². The van der Waals surface area contributed by atoms with Crippen LogP contribution in [0.25, 0.3) is 0 Å². The average molecular weight is 371 g/mol. The van der Waals surface area contributed by atoms with Gasteiger partial charge < -0.3 is 24.3 Å². The highest BCUT2D eigenvalue weighted by molar-refractivity contribution is 5.95. The van der Waals surface area contributed by atoms with Crippen molar-refractivity contribution in [3.63, 3.8) is 0 Å². The molecule has 144 valence electrons. The molecule has 2 aromatic carbocycles. The predicted octanol–water partition coefficient (Wildman–Crippen LogP) is 3.74. The van der Waals surface area contributed by atoms with Crippen LogP contribution in [0.1, 0.15) is 42.2 Å². The Morgan fingerprint density at radius 2 is 1.63 bits per heavy atom. The van der Waals surface area contributed by atoms with E-state index in [-0.39, 0.29) is 11.9 Å². The van der Waals surface area contributed by atoms with Crippen molar-refractivity contribution < 1.29 is 23.7 Å². The second-order valence-corrected chi connectivity index (χ2v) is 7.10. The summed E-state index contributed by atoms with van der Waals surface area (Å²) in [5.41, 5.74) is 0.975. The number of carbonyl (C=O) groups is 1. The first-order chi connectivity index (χ1) is 12.8. The molecule has 6 heteroatoms. The van der Waals surface area contributed by atoms with Gasteiger partial charge in [-0.3, -0.25) is 4.79 Å². The van der Waals surface area contributed by atoms with E-state index in [0.29, 0.717) is 23.5 Å². The molecule has 0 fully saturated rings. The van der Waals surface area contributed by atoms with E-state index >= 15 is 0 Å². The minimum Gasteiger partial charge on any atom is -0.497 e. The Balaban J connectivity index is 1.92. The summed E-state index contributed by atoms with van der Waals surface area (Å²) in [4.78, 5) is 12.9. The zero-order valence-corrected chi connectivity index (χ0v) is 16.3. The molecule has 1 N–H and O–H groups in total. The minimum absolute atomic E-state index is 0.205. The van der Waals surface area contributed by atoms with Crippen LogP contribution in [-0.4, -0.2) is 32.8 Å². The van der Waals surface area contributed by atoms with E-state index < -0.39 is 5.60 Å². The lowest BCUT2D eigenvalue weighted by Crippen LogP contribution is -2.41. The first kappa shape index (κ1) is 18.9. The molecule has 1 amide bonds. The Kier molecular flexibility index (Phi) is 5.17. The Morgan fingerprint density at radius 3 is 2.22 bits per heavy atom. The van der Waals surface area contributed by atoms with Gasteiger partial charge in [0.1, 0.15) is 28.6 Å². The summed E-state index contributed by atoms with van der Waals surface area (Å²) in [6.07, 6.45) is 0.639. The van der Waals surface area contributed by atoms with E-state index in [4.69, 9.17) is 18.9 Å². The molecule has 0 aliphatic carbocycles. The lowest BCUT2D eigenvalue weighted by atomic mass is 9.89. The number of nitrogens with one attached hydrogen (secondary N) is 1. The van der Waals surface area contributed by atoms with Gasteiger partial charge in [0.15, 0.2) is 0 Å². The average Bonchev–Trinajstić information content (AvgIpc) is 2.66. The molecular formula is C21H25NO5. The van der Waals surface area contributed by atoms with Gasteiger partial charge in [-0.2, -0.15) is 0 Å². The number of benzene rings is 2. The molecule has 2 aromatic rings. The second-order valence-electron chi connectivity index (χ2n) is 7.10. The normalized spacial score (nSPS) is 17.3. The molecule has 0 saturated heterocycles. The first-order valence-corrected chi connectivity index (χ1v) is 8.76. The fourth-order valence-electron chi connectivity index (χ4n) is 3.27. The molecule has 6 nitrogen and oxygen atoms in total. The van der Waals surface area contributed by atoms with E-state index in [0.717, 1.165) is 17.1 Å². The van der Waals surface area contributed by atoms with Gasteiger partial charge in [-0.05, 0) is 44.2 Å². The van der Waals surface area contributed by atoms with Crippen LogP contribution in [0.5, 0.6) is 23.0 Å². The molecule has 1 aliphatic rings. The highest BCUT2D eigenvalue weighted by Crippen LogP contribution is 2.41. The summed E-state index contributed by atoms with van der Waals surface area (Å²) in [5, 5.41) is 3.12. The maximum atomic E-state index is 12.9. The number of methoxy groups -OCH3 is 3. The number of ether oxygens (including phenoxy) is 4. The number of amides is 1. The molecule has 1 heterocycles. The standard InChI is InChI=1S/C21H25NO5/c1-21(2)12-18(17-11-14(24-3)6-7-19(17)27-21)22-20(23)13-8-15(25-4)10-16(9-13)26-5/h6-11,18H,12H2,1-5H3,(H,22,23)/t18-/m1/s1.